The van der Waals surface area contributed by atoms with Crippen LogP contribution >= 0.6 is 0 Å². The Morgan fingerprint density at radius 3 is 1.76 bits per heavy atom. The third-order valence-electron chi connectivity index (χ3n) is 19.9. The molecule has 78 heavy (non-hydrogen) atoms. The van der Waals surface area contributed by atoms with E-state index in [0.717, 1.165) is 12.8 Å². The van der Waals surface area contributed by atoms with Gasteiger partial charge in [0.25, 0.3) is 0 Å². The summed E-state index contributed by atoms with van der Waals surface area (Å²) in [7, 11) is 4.79. The Morgan fingerprint density at radius 1 is 0.705 bits per heavy atom. The molecule has 8 rings (SSSR count). The van der Waals surface area contributed by atoms with Crippen LogP contribution in [0, 0.1) is 28.6 Å². The Bertz CT molecular complexity index is 2150. The van der Waals surface area contributed by atoms with E-state index in [1.54, 1.807) is 54.1 Å². The van der Waals surface area contributed by atoms with E-state index in [2.05, 4.69) is 19.9 Å². The molecular weight excluding hydrogens is 1020 g/mol. The number of hydrogen-bond donors (Lipinski definition) is 5. The van der Waals surface area contributed by atoms with Gasteiger partial charge in [0.1, 0.15) is 54.9 Å². The minimum Gasteiger partial charge on any atom is -0.459 e. The fourth-order valence-corrected chi connectivity index (χ4v) is 14.9. The lowest BCUT2D eigenvalue weighted by molar-refractivity contribution is -0.357. The lowest BCUT2D eigenvalue weighted by Gasteiger charge is -2.63. The topological polar surface area (TPSA) is 255 Å². The predicted molar refractivity (Wildman–Crippen MR) is 279 cm³/mol. The zero-order valence-corrected chi connectivity index (χ0v) is 48.1. The molecule has 4 heterocycles. The molecule has 20 nitrogen and oxygen atoms in total. The lowest BCUT2D eigenvalue weighted by Crippen LogP contribution is -2.67. The summed E-state index contributed by atoms with van der Waals surface area (Å²) >= 11 is 0. The highest BCUT2D eigenvalue weighted by molar-refractivity contribution is 5.88. The van der Waals surface area contributed by atoms with Crippen LogP contribution in [0.1, 0.15) is 133 Å². The molecule has 8 aliphatic rings. The molecule has 4 aliphatic carbocycles. The van der Waals surface area contributed by atoms with Gasteiger partial charge in [-0.05, 0) is 118 Å². The minimum absolute atomic E-state index is 0.0316. The molecule has 3 saturated carbocycles. The van der Waals surface area contributed by atoms with E-state index in [1.807, 2.05) is 27.7 Å². The molecule has 0 radical (unpaired) electrons. The van der Waals surface area contributed by atoms with Crippen molar-refractivity contribution in [1.82, 2.24) is 0 Å². The maximum atomic E-state index is 13.7. The highest BCUT2D eigenvalue weighted by Gasteiger charge is 2.72. The van der Waals surface area contributed by atoms with Crippen molar-refractivity contribution in [1.29, 1.82) is 0 Å². The summed E-state index contributed by atoms with van der Waals surface area (Å²) in [6, 6.07) is 0. The largest absolute Gasteiger partial charge is 0.459 e. The van der Waals surface area contributed by atoms with Gasteiger partial charge < -0.3 is 87.1 Å². The molecular formula is C58H92O20. The molecule has 0 aromatic rings. The number of aliphatic hydroxyl groups is 5. The quantitative estimate of drug-likeness (QED) is 0.0741. The molecule has 20 heteroatoms. The molecule has 0 aromatic heterocycles. The monoisotopic (exact) mass is 1110 g/mol. The third kappa shape index (κ3) is 11.7. The second-order valence-corrected chi connectivity index (χ2v) is 24.0. The average Bonchev–Trinajstić information content (AvgIpc) is 3.14. The Balaban J connectivity index is 0.871. The van der Waals surface area contributed by atoms with Crippen LogP contribution < -0.4 is 0 Å². The van der Waals surface area contributed by atoms with E-state index in [4.69, 9.17) is 61.6 Å². The van der Waals surface area contributed by atoms with Gasteiger partial charge in [-0.1, -0.05) is 37.6 Å². The first kappa shape index (κ1) is 61.6. The predicted octanol–water partition coefficient (Wildman–Crippen LogP) is 4.86. The lowest BCUT2D eigenvalue weighted by atomic mass is 9.44. The van der Waals surface area contributed by atoms with Crippen LogP contribution in [0.4, 0.5) is 0 Å². The molecule has 26 atom stereocenters. The van der Waals surface area contributed by atoms with Crippen molar-refractivity contribution in [2.45, 2.75) is 262 Å². The van der Waals surface area contributed by atoms with Gasteiger partial charge in [-0.25, -0.2) is 9.59 Å². The number of carbonyl (C=O) groups is 2. The Hall–Kier alpha value is -2.48. The van der Waals surface area contributed by atoms with Gasteiger partial charge in [-0.3, -0.25) is 0 Å². The van der Waals surface area contributed by atoms with Crippen molar-refractivity contribution in [3.63, 3.8) is 0 Å². The van der Waals surface area contributed by atoms with E-state index in [9.17, 15) is 35.1 Å². The minimum atomic E-state index is -1.59. The van der Waals surface area contributed by atoms with E-state index < -0.39 is 134 Å². The summed E-state index contributed by atoms with van der Waals surface area (Å²) < 4.78 is 81.5. The van der Waals surface area contributed by atoms with Crippen LogP contribution in [0.2, 0.25) is 0 Å². The van der Waals surface area contributed by atoms with Gasteiger partial charge in [0.2, 0.25) is 0 Å². The number of ether oxygens (including phenoxy) is 13. The van der Waals surface area contributed by atoms with E-state index in [-0.39, 0.29) is 47.8 Å². The normalized spacial score (nSPS) is 47.5. The number of esters is 2. The first-order valence-corrected chi connectivity index (χ1v) is 28.6. The summed E-state index contributed by atoms with van der Waals surface area (Å²) in [6.45, 7) is 18.4. The molecule has 4 saturated heterocycles. The average molecular weight is 1110 g/mol. The smallest absolute Gasteiger partial charge is 0.333 e. The molecule has 0 bridgehead atoms. The van der Waals surface area contributed by atoms with Gasteiger partial charge in [-0.2, -0.15) is 0 Å². The molecule has 0 aromatic carbocycles. The summed E-state index contributed by atoms with van der Waals surface area (Å²) in [5.74, 6) is -1.06. The molecule has 5 N–H and O–H groups in total. The van der Waals surface area contributed by atoms with Crippen LogP contribution in [-0.4, -0.2) is 194 Å². The number of hydrogen-bond acceptors (Lipinski definition) is 20. The molecule has 0 spiro atoms. The SMILES string of the molecule is CC=C(C)C(=O)OC(C)C1CCC2(O)C3CC=C4CC(OC5CC(OC)C(OC6CC(OC)C(OC7CC(OC)C(OC8OC(CO)C(O)C(O)C8O)C(C)O7)C(C)O6)C(C)O5)CCC4(C)C3CC(OC(=O)C(C)=CC)C12C. The first-order valence-electron chi connectivity index (χ1n) is 28.6. The second-order valence-electron chi connectivity index (χ2n) is 24.0. The zero-order valence-electron chi connectivity index (χ0n) is 48.1. The Kier molecular flexibility index (Phi) is 19.9. The van der Waals surface area contributed by atoms with Crippen molar-refractivity contribution in [2.75, 3.05) is 27.9 Å². The van der Waals surface area contributed by atoms with E-state index in [1.165, 1.54) is 12.7 Å². The third-order valence-corrected chi connectivity index (χ3v) is 19.9. The van der Waals surface area contributed by atoms with E-state index in [0.29, 0.717) is 56.1 Å². The number of fused-ring (bicyclic) bond motifs is 5. The van der Waals surface area contributed by atoms with Gasteiger partial charge >= 0.3 is 11.9 Å². The van der Waals surface area contributed by atoms with Crippen LogP contribution in [0.3, 0.4) is 0 Å². The second kappa shape index (κ2) is 25.2. The highest BCUT2D eigenvalue weighted by atomic mass is 16.8. The van der Waals surface area contributed by atoms with Crippen molar-refractivity contribution < 1.29 is 96.7 Å². The first-order chi connectivity index (χ1) is 37.0. The molecule has 444 valence electrons. The summed E-state index contributed by atoms with van der Waals surface area (Å²) in [5, 5.41) is 54.1. The summed E-state index contributed by atoms with van der Waals surface area (Å²) in [5.41, 5.74) is 0.00670. The van der Waals surface area contributed by atoms with Crippen LogP contribution in [0.25, 0.3) is 0 Å². The maximum absolute atomic E-state index is 13.7. The maximum Gasteiger partial charge on any atom is 0.333 e. The number of rotatable bonds is 17. The van der Waals surface area contributed by atoms with E-state index >= 15 is 0 Å². The Labute approximate surface area is 460 Å². The highest BCUT2D eigenvalue weighted by Crippen LogP contribution is 2.69. The van der Waals surface area contributed by atoms with Crippen molar-refractivity contribution in [3.8, 4) is 0 Å². The fraction of sp³-hybridized carbons (Fsp3) is 0.862. The molecule has 0 amide bonds. The van der Waals surface area contributed by atoms with Gasteiger partial charge in [0.05, 0.1) is 54.9 Å². The van der Waals surface area contributed by atoms with Crippen molar-refractivity contribution in [3.05, 3.63) is 34.9 Å². The Morgan fingerprint density at radius 2 is 1.23 bits per heavy atom. The number of methoxy groups -OCH3 is 3. The standard InChI is InChI=1S/C58H92O20/c1-14-28(3)53(63)72-30(5)36-19-21-58(65)37-17-16-34-22-35(18-20-56(34,9)38(37)23-43(57(36,58)10)75-54(64)29(4)15-2)73-44-24-39(66-11)50(31(6)69-44)76-45-25-40(67-12)51(32(7)70-45)77-46-26-41(68-13)52(33(8)71-46)78-55-49(62)48(61)47(60)42(27-59)74-55/h14-16,30-33,35-52,55,59-62,65H,17-27H2,1-13H3. The summed E-state index contributed by atoms with van der Waals surface area (Å²) in [6.07, 6.45) is -3.70. The van der Waals surface area contributed by atoms with Crippen LogP contribution in [-0.2, 0) is 71.2 Å². The fourth-order valence-electron chi connectivity index (χ4n) is 14.9. The van der Waals surface area contributed by atoms with Crippen LogP contribution in [0.5, 0.6) is 0 Å². The van der Waals surface area contributed by atoms with Crippen molar-refractivity contribution >= 4 is 11.9 Å². The van der Waals surface area contributed by atoms with Crippen molar-refractivity contribution in [2.24, 2.45) is 28.6 Å². The molecule has 26 unspecified atom stereocenters. The van der Waals surface area contributed by atoms with Gasteiger partial charge in [0, 0.05) is 63.1 Å². The number of carbonyl (C=O) groups excluding carboxylic acids is 2. The molecule has 7 fully saturated rings. The van der Waals surface area contributed by atoms with Gasteiger partial charge in [0.15, 0.2) is 25.2 Å². The summed E-state index contributed by atoms with van der Waals surface area (Å²) in [4.78, 5) is 26.7. The zero-order chi connectivity index (χ0) is 56.8. The number of aliphatic hydroxyl groups excluding tert-OH is 4. The van der Waals surface area contributed by atoms with Crippen LogP contribution in [0.15, 0.2) is 34.9 Å². The molecule has 4 aliphatic heterocycles. The van der Waals surface area contributed by atoms with Gasteiger partial charge in [-0.15, -0.1) is 0 Å². The number of allylic oxidation sites excluding steroid dienone is 3.